The topological polar surface area (TPSA) is 122 Å². The highest BCUT2D eigenvalue weighted by Gasteiger charge is 2.33. The zero-order chi connectivity index (χ0) is 28.7. The summed E-state index contributed by atoms with van der Waals surface area (Å²) in [6.45, 7) is 2.18. The lowest BCUT2D eigenvalue weighted by Crippen LogP contribution is -2.17. The van der Waals surface area contributed by atoms with E-state index in [0.717, 1.165) is 6.07 Å². The van der Waals surface area contributed by atoms with Gasteiger partial charge < -0.3 is 18.9 Å². The van der Waals surface area contributed by atoms with Gasteiger partial charge in [-0.25, -0.2) is 5.43 Å². The van der Waals surface area contributed by atoms with Crippen molar-refractivity contribution < 1.29 is 41.8 Å². The first kappa shape index (κ1) is 29.5. The molecule has 0 fully saturated rings. The van der Waals surface area contributed by atoms with E-state index in [1.54, 1.807) is 25.1 Å². The molecule has 3 aromatic carbocycles. The van der Waals surface area contributed by atoms with Crippen LogP contribution >= 0.6 is 22.6 Å². The van der Waals surface area contributed by atoms with Gasteiger partial charge in [-0.2, -0.15) is 18.3 Å². The van der Waals surface area contributed by atoms with Crippen LogP contribution in [0.25, 0.3) is 0 Å². The van der Waals surface area contributed by atoms with Gasteiger partial charge in [0.15, 0.2) is 23.0 Å². The SMILES string of the molecule is CCOc1cc(C(=O)N/N=C/c2cc(I)c(Oc3ccc(C(F)(F)F)cc3[N+](=O)[O-])c(OC)c2)ccc1OC. The average Bonchev–Trinajstić information content (AvgIpc) is 2.89. The van der Waals surface area contributed by atoms with E-state index < -0.39 is 34.0 Å². The van der Waals surface area contributed by atoms with Gasteiger partial charge in [0.1, 0.15) is 0 Å². The van der Waals surface area contributed by atoms with Crippen LogP contribution in [0.4, 0.5) is 18.9 Å². The van der Waals surface area contributed by atoms with Crippen LogP contribution in [-0.4, -0.2) is 37.9 Å². The Morgan fingerprint density at radius 3 is 2.36 bits per heavy atom. The molecule has 3 aromatic rings. The van der Waals surface area contributed by atoms with Crippen LogP contribution in [0.5, 0.6) is 28.7 Å². The number of halogens is 4. The second-order valence-electron chi connectivity index (χ2n) is 7.57. The highest BCUT2D eigenvalue weighted by atomic mass is 127. The van der Waals surface area contributed by atoms with Gasteiger partial charge in [-0.1, -0.05) is 0 Å². The van der Waals surface area contributed by atoms with Crippen LogP contribution in [0.3, 0.4) is 0 Å². The van der Waals surface area contributed by atoms with E-state index in [4.69, 9.17) is 18.9 Å². The minimum Gasteiger partial charge on any atom is -0.493 e. The molecule has 0 heterocycles. The van der Waals surface area contributed by atoms with Crippen molar-refractivity contribution in [1.82, 2.24) is 5.43 Å². The van der Waals surface area contributed by atoms with Crippen LogP contribution in [0, 0.1) is 13.7 Å². The van der Waals surface area contributed by atoms with Crippen molar-refractivity contribution >= 4 is 40.4 Å². The first-order valence-corrected chi connectivity index (χ1v) is 12.1. The number of nitro groups is 1. The lowest BCUT2D eigenvalue weighted by molar-refractivity contribution is -0.385. The van der Waals surface area contributed by atoms with Crippen molar-refractivity contribution in [2.45, 2.75) is 13.1 Å². The van der Waals surface area contributed by atoms with E-state index in [9.17, 15) is 28.1 Å². The van der Waals surface area contributed by atoms with Crippen LogP contribution in [-0.2, 0) is 6.18 Å². The van der Waals surface area contributed by atoms with Crippen LogP contribution in [0.2, 0.25) is 0 Å². The number of hydrazone groups is 1. The molecule has 206 valence electrons. The maximum atomic E-state index is 13.0. The second-order valence-corrected chi connectivity index (χ2v) is 8.73. The van der Waals surface area contributed by atoms with E-state index >= 15 is 0 Å². The fraction of sp³-hybridized carbons (Fsp3) is 0.200. The zero-order valence-electron chi connectivity index (χ0n) is 20.7. The number of hydrogen-bond donors (Lipinski definition) is 1. The minimum absolute atomic E-state index is 0.0452. The number of alkyl halides is 3. The Morgan fingerprint density at radius 1 is 1.05 bits per heavy atom. The second kappa shape index (κ2) is 12.6. The number of carbonyl (C=O) groups is 1. The Bertz CT molecular complexity index is 1410. The van der Waals surface area contributed by atoms with Crippen molar-refractivity contribution in [3.05, 3.63) is 78.9 Å². The predicted octanol–water partition coefficient (Wildman–Crippen LogP) is 6.19. The highest BCUT2D eigenvalue weighted by Crippen LogP contribution is 2.42. The van der Waals surface area contributed by atoms with E-state index in [-0.39, 0.29) is 17.1 Å². The molecule has 3 rings (SSSR count). The number of ether oxygens (including phenoxy) is 4. The summed E-state index contributed by atoms with van der Waals surface area (Å²) in [6, 6.07) is 9.67. The average molecular weight is 659 g/mol. The normalized spacial score (nSPS) is 11.3. The highest BCUT2D eigenvalue weighted by molar-refractivity contribution is 14.1. The number of methoxy groups -OCH3 is 2. The summed E-state index contributed by atoms with van der Waals surface area (Å²) in [5.74, 6) is 0.140. The quantitative estimate of drug-likeness (QED) is 0.119. The van der Waals surface area contributed by atoms with E-state index in [2.05, 4.69) is 10.5 Å². The molecule has 0 radical (unpaired) electrons. The monoisotopic (exact) mass is 659 g/mol. The third kappa shape index (κ3) is 7.28. The fourth-order valence-corrected chi connectivity index (χ4v) is 4.00. The molecule has 14 heteroatoms. The van der Waals surface area contributed by atoms with Crippen molar-refractivity contribution in [3.8, 4) is 28.7 Å². The van der Waals surface area contributed by atoms with E-state index in [0.29, 0.717) is 39.4 Å². The van der Waals surface area contributed by atoms with E-state index in [1.165, 1.54) is 32.6 Å². The number of benzene rings is 3. The molecular weight excluding hydrogens is 638 g/mol. The molecule has 0 bridgehead atoms. The first-order valence-electron chi connectivity index (χ1n) is 11.0. The Kier molecular flexibility index (Phi) is 9.56. The molecule has 0 spiro atoms. The summed E-state index contributed by atoms with van der Waals surface area (Å²) < 4.78 is 61.0. The Morgan fingerprint density at radius 2 is 1.74 bits per heavy atom. The maximum Gasteiger partial charge on any atom is 0.416 e. The number of nitro benzene ring substituents is 1. The van der Waals surface area contributed by atoms with Crippen molar-refractivity contribution in [2.75, 3.05) is 20.8 Å². The molecule has 0 unspecified atom stereocenters. The lowest BCUT2D eigenvalue weighted by atomic mass is 10.1. The van der Waals surface area contributed by atoms with Gasteiger partial charge in [-0.3, -0.25) is 14.9 Å². The third-order valence-electron chi connectivity index (χ3n) is 5.05. The number of hydrogen-bond acceptors (Lipinski definition) is 8. The molecule has 0 aliphatic carbocycles. The van der Waals surface area contributed by atoms with Gasteiger partial charge in [0.25, 0.3) is 5.91 Å². The van der Waals surface area contributed by atoms with E-state index in [1.807, 2.05) is 22.6 Å². The Labute approximate surface area is 234 Å². The summed E-state index contributed by atoms with van der Waals surface area (Å²) in [5, 5.41) is 15.3. The largest absolute Gasteiger partial charge is 0.493 e. The van der Waals surface area contributed by atoms with Gasteiger partial charge >= 0.3 is 11.9 Å². The summed E-state index contributed by atoms with van der Waals surface area (Å²) in [7, 11) is 2.81. The molecule has 0 saturated carbocycles. The minimum atomic E-state index is -4.76. The Balaban J connectivity index is 1.82. The predicted molar refractivity (Wildman–Crippen MR) is 143 cm³/mol. The van der Waals surface area contributed by atoms with Crippen LogP contribution in [0.1, 0.15) is 28.4 Å². The number of nitrogens with one attached hydrogen (secondary N) is 1. The van der Waals surface area contributed by atoms with Gasteiger partial charge in [0.2, 0.25) is 5.75 Å². The molecule has 0 aromatic heterocycles. The molecule has 0 aliphatic heterocycles. The molecule has 1 N–H and O–H groups in total. The fourth-order valence-electron chi connectivity index (χ4n) is 3.26. The third-order valence-corrected chi connectivity index (χ3v) is 5.85. The van der Waals surface area contributed by atoms with Crippen LogP contribution in [0.15, 0.2) is 53.6 Å². The molecule has 1 amide bonds. The first-order chi connectivity index (χ1) is 18.5. The smallest absolute Gasteiger partial charge is 0.416 e. The van der Waals surface area contributed by atoms with Gasteiger partial charge in [-0.15, -0.1) is 0 Å². The molecule has 0 saturated heterocycles. The summed E-state index contributed by atoms with van der Waals surface area (Å²) in [4.78, 5) is 23.0. The summed E-state index contributed by atoms with van der Waals surface area (Å²) in [5.41, 5.74) is 1.11. The van der Waals surface area contributed by atoms with Crippen LogP contribution < -0.4 is 24.4 Å². The number of nitrogens with zero attached hydrogens (tertiary/aromatic N) is 2. The number of amides is 1. The van der Waals surface area contributed by atoms with Gasteiger partial charge in [-0.05, 0) is 77.5 Å². The lowest BCUT2D eigenvalue weighted by Gasteiger charge is -2.14. The molecule has 0 aliphatic rings. The molecular formula is C25H21F3IN3O7. The maximum absolute atomic E-state index is 13.0. The number of rotatable bonds is 10. The summed E-state index contributed by atoms with van der Waals surface area (Å²) >= 11 is 1.87. The summed E-state index contributed by atoms with van der Waals surface area (Å²) in [6.07, 6.45) is -3.43. The standard InChI is InChI=1S/C25H21F3IN3O7/c1-4-38-21-11-15(5-7-20(21)36-2)24(33)31-30-13-14-9-17(29)23(22(10-14)37-3)39-19-8-6-16(25(26,27)28)12-18(19)32(34)35/h5-13H,4H2,1-3H3,(H,31,33)/b30-13+. The molecule has 39 heavy (non-hydrogen) atoms. The number of carbonyl (C=O) groups excluding carboxylic acids is 1. The van der Waals surface area contributed by atoms with Gasteiger partial charge in [0.05, 0.1) is 41.1 Å². The molecule has 10 nitrogen and oxygen atoms in total. The Hall–Kier alpha value is -4.08. The van der Waals surface area contributed by atoms with Gasteiger partial charge in [0, 0.05) is 11.6 Å². The van der Waals surface area contributed by atoms with Crippen molar-refractivity contribution in [3.63, 3.8) is 0 Å². The molecule has 0 atom stereocenters. The van der Waals surface area contributed by atoms with Crippen molar-refractivity contribution in [1.29, 1.82) is 0 Å². The zero-order valence-corrected chi connectivity index (χ0v) is 22.8. The van der Waals surface area contributed by atoms with Crippen molar-refractivity contribution in [2.24, 2.45) is 5.10 Å².